The molecule has 1 amide bonds. The van der Waals surface area contributed by atoms with Gasteiger partial charge in [-0.05, 0) is 48.0 Å². The van der Waals surface area contributed by atoms with E-state index in [4.69, 9.17) is 4.74 Å². The number of carbonyl (C=O) groups excluding carboxylic acids is 1. The fourth-order valence-electron chi connectivity index (χ4n) is 3.13. The first-order chi connectivity index (χ1) is 13.7. The van der Waals surface area contributed by atoms with E-state index in [1.54, 1.807) is 16.5 Å². The highest BCUT2D eigenvalue weighted by molar-refractivity contribution is 7.07. The molecule has 0 aliphatic rings. The van der Waals surface area contributed by atoms with Crippen LogP contribution in [-0.2, 0) is 6.61 Å². The van der Waals surface area contributed by atoms with E-state index in [0.717, 1.165) is 22.2 Å². The molecule has 0 spiro atoms. The molecule has 0 radical (unpaired) electrons. The average molecular weight is 388 g/mol. The number of thiazole rings is 1. The van der Waals surface area contributed by atoms with Crippen LogP contribution in [0.5, 0.6) is 5.75 Å². The zero-order valence-corrected chi connectivity index (χ0v) is 16.4. The third-order valence-corrected chi connectivity index (χ3v) is 5.19. The number of aromatic nitrogens is 1. The first kappa shape index (κ1) is 18.2. The molecule has 0 bridgehead atoms. The Bertz CT molecular complexity index is 1090. The van der Waals surface area contributed by atoms with Gasteiger partial charge in [0.05, 0.1) is 11.2 Å². The SMILES string of the molecule is CCN(C(=O)c1cccc(OCc2cscn2)c1)c1ccc2ccccc2c1. The summed E-state index contributed by atoms with van der Waals surface area (Å²) in [6.45, 7) is 2.96. The molecule has 0 saturated carbocycles. The highest BCUT2D eigenvalue weighted by atomic mass is 32.1. The van der Waals surface area contributed by atoms with Gasteiger partial charge in [-0.2, -0.15) is 0 Å². The van der Waals surface area contributed by atoms with Gasteiger partial charge in [0.2, 0.25) is 0 Å². The number of hydrogen-bond acceptors (Lipinski definition) is 4. The Morgan fingerprint density at radius 3 is 2.68 bits per heavy atom. The minimum atomic E-state index is -0.0445. The largest absolute Gasteiger partial charge is 0.487 e. The molecule has 0 unspecified atom stereocenters. The molecule has 140 valence electrons. The van der Waals surface area contributed by atoms with E-state index in [9.17, 15) is 4.79 Å². The molecule has 3 aromatic carbocycles. The summed E-state index contributed by atoms with van der Waals surface area (Å²) >= 11 is 1.54. The molecular formula is C23H20N2O2S. The van der Waals surface area contributed by atoms with Crippen LogP contribution in [0.2, 0.25) is 0 Å². The van der Waals surface area contributed by atoms with Crippen LogP contribution in [0.3, 0.4) is 0 Å². The number of hydrogen-bond donors (Lipinski definition) is 0. The molecule has 0 aliphatic heterocycles. The molecule has 0 aliphatic carbocycles. The van der Waals surface area contributed by atoms with Gasteiger partial charge in [-0.15, -0.1) is 11.3 Å². The molecular weight excluding hydrogens is 368 g/mol. The fourth-order valence-corrected chi connectivity index (χ4v) is 3.67. The van der Waals surface area contributed by atoms with E-state index in [0.29, 0.717) is 24.5 Å². The van der Waals surface area contributed by atoms with Gasteiger partial charge in [0.1, 0.15) is 12.4 Å². The molecule has 4 nitrogen and oxygen atoms in total. The normalized spacial score (nSPS) is 10.8. The van der Waals surface area contributed by atoms with Gasteiger partial charge in [0.25, 0.3) is 5.91 Å². The summed E-state index contributed by atoms with van der Waals surface area (Å²) in [5, 5.41) is 4.23. The summed E-state index contributed by atoms with van der Waals surface area (Å²) < 4.78 is 5.79. The predicted molar refractivity (Wildman–Crippen MR) is 114 cm³/mol. The Morgan fingerprint density at radius 2 is 1.89 bits per heavy atom. The number of rotatable bonds is 6. The van der Waals surface area contributed by atoms with Gasteiger partial charge < -0.3 is 9.64 Å². The van der Waals surface area contributed by atoms with Gasteiger partial charge in [0.15, 0.2) is 0 Å². The molecule has 0 atom stereocenters. The van der Waals surface area contributed by atoms with E-state index < -0.39 is 0 Å². The van der Waals surface area contributed by atoms with Crippen molar-refractivity contribution in [3.8, 4) is 5.75 Å². The van der Waals surface area contributed by atoms with Crippen LogP contribution in [0.4, 0.5) is 5.69 Å². The van der Waals surface area contributed by atoms with Crippen LogP contribution < -0.4 is 9.64 Å². The number of fused-ring (bicyclic) bond motifs is 1. The Hall–Kier alpha value is -3.18. The maximum atomic E-state index is 13.2. The Balaban J connectivity index is 1.56. The molecule has 1 aromatic heterocycles. The fraction of sp³-hybridized carbons (Fsp3) is 0.130. The maximum absolute atomic E-state index is 13.2. The van der Waals surface area contributed by atoms with Crippen LogP contribution in [0.25, 0.3) is 10.8 Å². The van der Waals surface area contributed by atoms with Gasteiger partial charge in [-0.1, -0.05) is 36.4 Å². The van der Waals surface area contributed by atoms with Crippen molar-refractivity contribution in [2.75, 3.05) is 11.4 Å². The second-order valence-corrected chi connectivity index (χ2v) is 7.10. The zero-order valence-electron chi connectivity index (χ0n) is 15.5. The van der Waals surface area contributed by atoms with Crippen LogP contribution >= 0.6 is 11.3 Å². The molecule has 0 N–H and O–H groups in total. The van der Waals surface area contributed by atoms with E-state index in [-0.39, 0.29) is 5.91 Å². The van der Waals surface area contributed by atoms with E-state index in [1.807, 2.05) is 54.8 Å². The quantitative estimate of drug-likeness (QED) is 0.435. The van der Waals surface area contributed by atoms with Gasteiger partial charge in [0, 0.05) is 23.2 Å². The lowest BCUT2D eigenvalue weighted by molar-refractivity contribution is 0.0988. The number of anilines is 1. The predicted octanol–water partition coefficient (Wildman–Crippen LogP) is 5.54. The number of ether oxygens (including phenoxy) is 1. The van der Waals surface area contributed by atoms with Crippen molar-refractivity contribution >= 4 is 33.7 Å². The maximum Gasteiger partial charge on any atom is 0.258 e. The lowest BCUT2D eigenvalue weighted by Crippen LogP contribution is -2.30. The standard InChI is InChI=1S/C23H20N2O2S/c1-2-25(21-11-10-17-6-3-4-7-18(17)12-21)23(26)19-8-5-9-22(13-19)27-14-20-15-28-16-24-20/h3-13,15-16H,2,14H2,1H3. The first-order valence-corrected chi connectivity index (χ1v) is 10.1. The first-order valence-electron chi connectivity index (χ1n) is 9.15. The third-order valence-electron chi connectivity index (χ3n) is 4.56. The summed E-state index contributed by atoms with van der Waals surface area (Å²) in [6.07, 6.45) is 0. The van der Waals surface area contributed by atoms with Gasteiger partial charge in [-0.25, -0.2) is 4.98 Å². The molecule has 4 aromatic rings. The summed E-state index contributed by atoms with van der Waals surface area (Å²) in [7, 11) is 0. The summed E-state index contributed by atoms with van der Waals surface area (Å²) in [5.74, 6) is 0.616. The van der Waals surface area contributed by atoms with Crippen molar-refractivity contribution in [2.45, 2.75) is 13.5 Å². The second-order valence-electron chi connectivity index (χ2n) is 6.38. The third kappa shape index (κ3) is 3.89. The van der Waals surface area contributed by atoms with Crippen LogP contribution in [-0.4, -0.2) is 17.4 Å². The van der Waals surface area contributed by atoms with E-state index >= 15 is 0 Å². The Kier molecular flexibility index (Phi) is 5.35. The molecule has 0 fully saturated rings. The average Bonchev–Trinajstić information content (AvgIpc) is 3.26. The number of amides is 1. The lowest BCUT2D eigenvalue weighted by Gasteiger charge is -2.22. The molecule has 0 saturated heterocycles. The summed E-state index contributed by atoms with van der Waals surface area (Å²) in [4.78, 5) is 19.2. The molecule has 4 rings (SSSR count). The molecule has 1 heterocycles. The van der Waals surface area contributed by atoms with Crippen molar-refractivity contribution < 1.29 is 9.53 Å². The Morgan fingerprint density at radius 1 is 1.04 bits per heavy atom. The number of benzene rings is 3. The highest BCUT2D eigenvalue weighted by Crippen LogP contribution is 2.24. The van der Waals surface area contributed by atoms with Gasteiger partial charge >= 0.3 is 0 Å². The van der Waals surface area contributed by atoms with Crippen molar-refractivity contribution in [3.63, 3.8) is 0 Å². The minimum absolute atomic E-state index is 0.0445. The van der Waals surface area contributed by atoms with Crippen LogP contribution in [0.1, 0.15) is 23.0 Å². The van der Waals surface area contributed by atoms with Gasteiger partial charge in [-0.3, -0.25) is 4.79 Å². The molecule has 5 heteroatoms. The van der Waals surface area contributed by atoms with Crippen molar-refractivity contribution in [3.05, 3.63) is 88.9 Å². The van der Waals surface area contributed by atoms with Crippen molar-refractivity contribution in [1.29, 1.82) is 0 Å². The van der Waals surface area contributed by atoms with Crippen molar-refractivity contribution in [2.24, 2.45) is 0 Å². The number of nitrogens with zero attached hydrogens (tertiary/aromatic N) is 2. The molecule has 28 heavy (non-hydrogen) atoms. The van der Waals surface area contributed by atoms with Crippen molar-refractivity contribution in [1.82, 2.24) is 4.98 Å². The number of carbonyl (C=O) groups is 1. The minimum Gasteiger partial charge on any atom is -0.487 e. The summed E-state index contributed by atoms with van der Waals surface area (Å²) in [5.41, 5.74) is 4.15. The zero-order chi connectivity index (χ0) is 19.3. The topological polar surface area (TPSA) is 42.4 Å². The second kappa shape index (κ2) is 8.23. The lowest BCUT2D eigenvalue weighted by atomic mass is 10.1. The van der Waals surface area contributed by atoms with Crippen LogP contribution in [0.15, 0.2) is 77.6 Å². The van der Waals surface area contributed by atoms with E-state index in [1.165, 1.54) is 11.3 Å². The monoisotopic (exact) mass is 388 g/mol. The summed E-state index contributed by atoms with van der Waals surface area (Å²) in [6, 6.07) is 21.6. The van der Waals surface area contributed by atoms with E-state index in [2.05, 4.69) is 23.2 Å². The highest BCUT2D eigenvalue weighted by Gasteiger charge is 2.17. The van der Waals surface area contributed by atoms with Crippen LogP contribution in [0, 0.1) is 0 Å². The Labute approximate surface area is 168 Å². The smallest absolute Gasteiger partial charge is 0.258 e.